The van der Waals surface area contributed by atoms with Crippen LogP contribution in [-0.4, -0.2) is 48.3 Å². The number of hydrogen-bond acceptors (Lipinski definition) is 4. The second kappa shape index (κ2) is 5.07. The number of aromatic hydroxyl groups is 1. The molecular formula is C21H25F2NO3. The molecule has 27 heavy (non-hydrogen) atoms. The van der Waals surface area contributed by atoms with Gasteiger partial charge >= 0.3 is 0 Å². The molecule has 2 saturated carbocycles. The molecule has 1 saturated heterocycles. The molecule has 2 bridgehead atoms. The normalized spacial score (nSPS) is 38.3. The van der Waals surface area contributed by atoms with Gasteiger partial charge in [-0.15, -0.1) is 0 Å². The lowest BCUT2D eigenvalue weighted by Gasteiger charge is -2.59. The summed E-state index contributed by atoms with van der Waals surface area (Å²) >= 11 is 0. The fourth-order valence-electron chi connectivity index (χ4n) is 6.63. The predicted molar refractivity (Wildman–Crippen MR) is 94.8 cm³/mol. The Morgan fingerprint density at radius 1 is 1.30 bits per heavy atom. The van der Waals surface area contributed by atoms with E-state index in [-0.39, 0.29) is 24.1 Å². The van der Waals surface area contributed by atoms with Crippen LogP contribution < -0.4 is 9.47 Å². The average molecular weight is 377 g/mol. The van der Waals surface area contributed by atoms with Gasteiger partial charge in [0.25, 0.3) is 5.92 Å². The van der Waals surface area contributed by atoms with Gasteiger partial charge in [-0.25, -0.2) is 8.78 Å². The van der Waals surface area contributed by atoms with Gasteiger partial charge in [0.2, 0.25) is 0 Å². The first-order valence-corrected chi connectivity index (χ1v) is 10.2. The van der Waals surface area contributed by atoms with Gasteiger partial charge in [-0.1, -0.05) is 0 Å². The van der Waals surface area contributed by atoms with Gasteiger partial charge in [0.1, 0.15) is 5.75 Å². The highest BCUT2D eigenvalue weighted by molar-refractivity contribution is 5.65. The summed E-state index contributed by atoms with van der Waals surface area (Å²) in [6, 6.07) is 1.76. The molecule has 6 heteroatoms. The van der Waals surface area contributed by atoms with Gasteiger partial charge in [-0.05, 0) is 50.5 Å². The van der Waals surface area contributed by atoms with Crippen LogP contribution in [0.5, 0.6) is 17.2 Å². The zero-order valence-electron chi connectivity index (χ0n) is 15.5. The van der Waals surface area contributed by atoms with E-state index in [9.17, 15) is 5.11 Å². The molecule has 1 N–H and O–H groups in total. The Morgan fingerprint density at radius 2 is 2.11 bits per heavy atom. The fraction of sp³-hybridized carbons (Fsp3) is 0.714. The van der Waals surface area contributed by atoms with Crippen molar-refractivity contribution in [2.75, 3.05) is 20.2 Å². The summed E-state index contributed by atoms with van der Waals surface area (Å²) in [5.74, 6) is -0.927. The van der Waals surface area contributed by atoms with Gasteiger partial charge in [-0.2, -0.15) is 0 Å². The average Bonchev–Trinajstić information content (AvgIpc) is 3.38. The number of benzene rings is 1. The smallest absolute Gasteiger partial charge is 0.285 e. The van der Waals surface area contributed by atoms with Crippen molar-refractivity contribution in [1.82, 2.24) is 4.90 Å². The maximum absolute atomic E-state index is 15.0. The minimum Gasteiger partial charge on any atom is -0.508 e. The highest BCUT2D eigenvalue weighted by atomic mass is 19.3. The quantitative estimate of drug-likeness (QED) is 0.876. The molecule has 0 aromatic heterocycles. The third-order valence-electron chi connectivity index (χ3n) is 7.90. The first-order chi connectivity index (χ1) is 13.0. The molecule has 1 aromatic rings. The molecular weight excluding hydrogens is 352 g/mol. The second-order valence-electron chi connectivity index (χ2n) is 9.18. The summed E-state index contributed by atoms with van der Waals surface area (Å²) < 4.78 is 41.5. The number of phenols is 1. The van der Waals surface area contributed by atoms with Gasteiger partial charge in [0.15, 0.2) is 17.6 Å². The van der Waals surface area contributed by atoms with E-state index in [0.717, 1.165) is 36.6 Å². The Morgan fingerprint density at radius 3 is 2.85 bits per heavy atom. The Balaban J connectivity index is 1.56. The van der Waals surface area contributed by atoms with Crippen LogP contribution in [0.3, 0.4) is 0 Å². The standard InChI is InChI=1S/C21H25F2NO3/c1-26-16-9-15(25)12-8-14-13-4-5-21(22,23)19-20(13,17(12)18(16)27-19)6-7-24(14)10-11-2-3-11/h9,11,13-14,19,25H,2-8,10H2,1H3/t13-,14-,19-,20+/m1/s1. The zero-order chi connectivity index (χ0) is 18.6. The number of alkyl halides is 2. The van der Waals surface area contributed by atoms with E-state index < -0.39 is 17.4 Å². The van der Waals surface area contributed by atoms with Gasteiger partial charge in [-0.3, -0.25) is 4.90 Å². The second-order valence-corrected chi connectivity index (χ2v) is 9.18. The van der Waals surface area contributed by atoms with Crippen molar-refractivity contribution in [3.63, 3.8) is 0 Å². The third-order valence-corrected chi connectivity index (χ3v) is 7.90. The number of piperidine rings is 1. The van der Waals surface area contributed by atoms with E-state index in [0.29, 0.717) is 24.3 Å². The first kappa shape index (κ1) is 16.4. The maximum Gasteiger partial charge on any atom is 0.285 e. The molecule has 3 fully saturated rings. The Kier molecular flexibility index (Phi) is 3.08. The Labute approximate surface area is 157 Å². The largest absolute Gasteiger partial charge is 0.508 e. The molecule has 2 aliphatic heterocycles. The van der Waals surface area contributed by atoms with Crippen molar-refractivity contribution in [3.05, 3.63) is 17.2 Å². The van der Waals surface area contributed by atoms with Crippen molar-refractivity contribution in [2.24, 2.45) is 11.8 Å². The van der Waals surface area contributed by atoms with Crippen LogP contribution >= 0.6 is 0 Å². The molecule has 3 aliphatic carbocycles. The SMILES string of the molecule is COc1cc(O)c2c3c1O[C@H]1C(F)(F)CC[C@@H]4[C@@H](C2)N(CC2CC2)CC[C@@]341. The highest BCUT2D eigenvalue weighted by Crippen LogP contribution is 2.67. The molecule has 146 valence electrons. The number of hydrogen-bond donors (Lipinski definition) is 1. The molecule has 6 rings (SSSR count). The van der Waals surface area contributed by atoms with Crippen LogP contribution in [0.25, 0.3) is 0 Å². The summed E-state index contributed by atoms with van der Waals surface area (Å²) in [5.41, 5.74) is 0.949. The lowest BCUT2D eigenvalue weighted by molar-refractivity contribution is -0.182. The Hall–Kier alpha value is -1.56. The minimum atomic E-state index is -2.85. The number of methoxy groups -OCH3 is 1. The number of halogens is 2. The van der Waals surface area contributed by atoms with E-state index in [1.165, 1.54) is 20.0 Å². The van der Waals surface area contributed by atoms with Crippen LogP contribution in [0.4, 0.5) is 8.78 Å². The number of rotatable bonds is 3. The van der Waals surface area contributed by atoms with Crippen molar-refractivity contribution < 1.29 is 23.4 Å². The van der Waals surface area contributed by atoms with Gasteiger partial charge < -0.3 is 14.6 Å². The summed E-state index contributed by atoms with van der Waals surface area (Å²) in [7, 11) is 1.50. The van der Waals surface area contributed by atoms with E-state index in [1.807, 2.05) is 0 Å². The summed E-state index contributed by atoms with van der Waals surface area (Å²) in [6.45, 7) is 1.91. The monoisotopic (exact) mass is 377 g/mol. The van der Waals surface area contributed by atoms with Crippen LogP contribution in [0, 0.1) is 11.8 Å². The van der Waals surface area contributed by atoms with Crippen molar-refractivity contribution >= 4 is 0 Å². The molecule has 0 unspecified atom stereocenters. The van der Waals surface area contributed by atoms with Crippen molar-refractivity contribution in [1.29, 1.82) is 0 Å². The third kappa shape index (κ3) is 1.95. The topological polar surface area (TPSA) is 41.9 Å². The van der Waals surface area contributed by atoms with Crippen LogP contribution in [0.2, 0.25) is 0 Å². The highest BCUT2D eigenvalue weighted by Gasteiger charge is 2.71. The van der Waals surface area contributed by atoms with Crippen LogP contribution in [-0.2, 0) is 11.8 Å². The van der Waals surface area contributed by atoms with E-state index in [1.54, 1.807) is 6.07 Å². The van der Waals surface area contributed by atoms with Gasteiger partial charge in [0.05, 0.1) is 7.11 Å². The van der Waals surface area contributed by atoms with E-state index in [2.05, 4.69) is 4.90 Å². The van der Waals surface area contributed by atoms with Crippen LogP contribution in [0.1, 0.15) is 43.2 Å². The van der Waals surface area contributed by atoms with Crippen molar-refractivity contribution in [3.8, 4) is 17.2 Å². The molecule has 0 radical (unpaired) electrons. The number of nitrogens with zero attached hydrogens (tertiary/aromatic N) is 1. The lowest BCUT2D eigenvalue weighted by Crippen LogP contribution is -2.68. The molecule has 4 nitrogen and oxygen atoms in total. The summed E-state index contributed by atoms with van der Waals surface area (Å²) in [4.78, 5) is 2.53. The van der Waals surface area contributed by atoms with Crippen molar-refractivity contribution in [2.45, 2.75) is 62.0 Å². The lowest BCUT2D eigenvalue weighted by atomic mass is 9.51. The van der Waals surface area contributed by atoms with E-state index >= 15 is 8.78 Å². The predicted octanol–water partition coefficient (Wildman–Crippen LogP) is 3.49. The molecule has 1 aromatic carbocycles. The zero-order valence-corrected chi connectivity index (χ0v) is 15.5. The summed E-state index contributed by atoms with van der Waals surface area (Å²) in [6.07, 6.45) is 3.23. The number of ether oxygens (including phenoxy) is 2. The molecule has 5 aliphatic rings. The molecule has 2 heterocycles. The number of phenolic OH excluding ortho intramolecular Hbond substituents is 1. The number of likely N-dealkylation sites (tertiary alicyclic amines) is 1. The fourth-order valence-corrected chi connectivity index (χ4v) is 6.63. The maximum atomic E-state index is 15.0. The molecule has 4 atom stereocenters. The minimum absolute atomic E-state index is 0.116. The molecule has 0 amide bonds. The van der Waals surface area contributed by atoms with Gasteiger partial charge in [0, 0.05) is 41.6 Å². The molecule has 1 spiro atoms. The Bertz CT molecular complexity index is 824. The van der Waals surface area contributed by atoms with E-state index in [4.69, 9.17) is 9.47 Å². The van der Waals surface area contributed by atoms with Crippen LogP contribution in [0.15, 0.2) is 6.07 Å². The first-order valence-electron chi connectivity index (χ1n) is 10.2. The summed E-state index contributed by atoms with van der Waals surface area (Å²) in [5, 5.41) is 10.7.